The van der Waals surface area contributed by atoms with Gasteiger partial charge in [0.2, 0.25) is 0 Å². The quantitative estimate of drug-likeness (QED) is 0.732. The van der Waals surface area contributed by atoms with Crippen LogP contribution in [0.2, 0.25) is 5.02 Å². The number of H-pyrrole nitrogens is 1. The van der Waals surface area contributed by atoms with Crippen LogP contribution in [0.5, 0.6) is 11.5 Å². The van der Waals surface area contributed by atoms with Crippen LogP contribution in [0.3, 0.4) is 0 Å². The fourth-order valence-corrected chi connectivity index (χ4v) is 2.85. The lowest BCUT2D eigenvalue weighted by molar-refractivity contribution is 0.390. The first-order valence-electron chi connectivity index (χ1n) is 6.19. The van der Waals surface area contributed by atoms with Gasteiger partial charge in [-0.05, 0) is 46.3 Å². The van der Waals surface area contributed by atoms with Gasteiger partial charge in [-0.15, -0.1) is 0 Å². The predicted octanol–water partition coefficient (Wildman–Crippen LogP) is 4.66. The fraction of sp³-hybridized carbons (Fsp3) is 0.133. The number of hydrogen-bond donors (Lipinski definition) is 1. The van der Waals surface area contributed by atoms with Gasteiger partial charge in [0, 0.05) is 10.6 Å². The smallest absolute Gasteiger partial charge is 0.138 e. The van der Waals surface area contributed by atoms with E-state index in [9.17, 15) is 0 Å². The van der Waals surface area contributed by atoms with Crippen LogP contribution in [0.15, 0.2) is 34.8 Å². The minimum absolute atomic E-state index is 0.670. The number of halogens is 2. The number of ether oxygens (including phenoxy) is 2. The van der Waals surface area contributed by atoms with Crippen LogP contribution in [-0.2, 0) is 0 Å². The molecule has 3 aromatic rings. The summed E-state index contributed by atoms with van der Waals surface area (Å²) < 4.78 is 11.5. The Kier molecular flexibility index (Phi) is 3.78. The van der Waals surface area contributed by atoms with Crippen LogP contribution in [0.4, 0.5) is 0 Å². The zero-order valence-corrected chi connectivity index (χ0v) is 13.7. The first-order valence-corrected chi connectivity index (χ1v) is 7.36. The Balaban J connectivity index is 2.17. The molecule has 0 saturated carbocycles. The molecule has 0 atom stereocenters. The van der Waals surface area contributed by atoms with E-state index in [-0.39, 0.29) is 0 Å². The molecule has 0 radical (unpaired) electrons. The van der Waals surface area contributed by atoms with Crippen molar-refractivity contribution in [3.8, 4) is 22.9 Å². The van der Waals surface area contributed by atoms with Gasteiger partial charge in [0.15, 0.2) is 0 Å². The van der Waals surface area contributed by atoms with Gasteiger partial charge in [0.25, 0.3) is 0 Å². The van der Waals surface area contributed by atoms with Gasteiger partial charge < -0.3 is 14.5 Å². The average Bonchev–Trinajstić information content (AvgIpc) is 2.90. The minimum atomic E-state index is 0.670. The van der Waals surface area contributed by atoms with E-state index in [0.29, 0.717) is 16.5 Å². The number of methoxy groups -OCH3 is 2. The Morgan fingerprint density at radius 3 is 2.38 bits per heavy atom. The lowest BCUT2D eigenvalue weighted by atomic mass is 10.2. The molecule has 3 rings (SSSR count). The zero-order chi connectivity index (χ0) is 15.0. The Labute approximate surface area is 135 Å². The van der Waals surface area contributed by atoms with E-state index in [0.717, 1.165) is 26.9 Å². The van der Waals surface area contributed by atoms with Gasteiger partial charge in [-0.3, -0.25) is 0 Å². The molecule has 0 unspecified atom stereocenters. The summed E-state index contributed by atoms with van der Waals surface area (Å²) in [5, 5.41) is 0.670. The van der Waals surface area contributed by atoms with E-state index in [1.807, 2.05) is 30.3 Å². The molecular formula is C15H12BrClN2O2. The SMILES string of the molecule is COc1cc(-c2nc3ccc(Cl)cc3[nH]2)cc(OC)c1Br. The predicted molar refractivity (Wildman–Crippen MR) is 87.3 cm³/mol. The Morgan fingerprint density at radius 2 is 1.76 bits per heavy atom. The third kappa shape index (κ3) is 2.59. The van der Waals surface area contributed by atoms with Crippen molar-refractivity contribution in [2.75, 3.05) is 14.2 Å². The molecule has 0 aliphatic carbocycles. The third-order valence-electron chi connectivity index (χ3n) is 3.16. The number of rotatable bonds is 3. The largest absolute Gasteiger partial charge is 0.495 e. The van der Waals surface area contributed by atoms with Crippen molar-refractivity contribution in [3.05, 3.63) is 39.8 Å². The van der Waals surface area contributed by atoms with Crippen molar-refractivity contribution < 1.29 is 9.47 Å². The molecule has 2 aromatic carbocycles. The number of imidazole rings is 1. The fourth-order valence-electron chi connectivity index (χ4n) is 2.12. The van der Waals surface area contributed by atoms with Crippen LogP contribution >= 0.6 is 27.5 Å². The highest BCUT2D eigenvalue weighted by molar-refractivity contribution is 9.10. The molecule has 1 N–H and O–H groups in total. The van der Waals surface area contributed by atoms with Crippen LogP contribution < -0.4 is 9.47 Å². The molecule has 0 saturated heterocycles. The molecule has 1 heterocycles. The number of benzene rings is 2. The molecule has 108 valence electrons. The summed E-state index contributed by atoms with van der Waals surface area (Å²) in [6.45, 7) is 0. The maximum absolute atomic E-state index is 6.00. The van der Waals surface area contributed by atoms with Gasteiger partial charge in [-0.25, -0.2) is 4.98 Å². The van der Waals surface area contributed by atoms with E-state index < -0.39 is 0 Å². The molecule has 4 nitrogen and oxygen atoms in total. The van der Waals surface area contributed by atoms with Gasteiger partial charge in [0.05, 0.1) is 25.3 Å². The van der Waals surface area contributed by atoms with Crippen LogP contribution in [0.1, 0.15) is 0 Å². The number of nitrogens with zero attached hydrogens (tertiary/aromatic N) is 1. The van der Waals surface area contributed by atoms with Crippen LogP contribution in [0, 0.1) is 0 Å². The van der Waals surface area contributed by atoms with E-state index in [4.69, 9.17) is 21.1 Å². The van der Waals surface area contributed by atoms with E-state index in [2.05, 4.69) is 25.9 Å². The zero-order valence-electron chi connectivity index (χ0n) is 11.4. The molecule has 0 aliphatic heterocycles. The Morgan fingerprint density at radius 1 is 1.10 bits per heavy atom. The highest BCUT2D eigenvalue weighted by Gasteiger charge is 2.13. The summed E-state index contributed by atoms with van der Waals surface area (Å²) in [4.78, 5) is 7.82. The monoisotopic (exact) mass is 366 g/mol. The molecular weight excluding hydrogens is 356 g/mol. The van der Waals surface area contributed by atoms with Gasteiger partial charge in [-0.2, -0.15) is 0 Å². The van der Waals surface area contributed by atoms with Gasteiger partial charge >= 0.3 is 0 Å². The maximum atomic E-state index is 6.00. The maximum Gasteiger partial charge on any atom is 0.138 e. The summed E-state index contributed by atoms with van der Waals surface area (Å²) in [5.41, 5.74) is 2.62. The summed E-state index contributed by atoms with van der Waals surface area (Å²) in [6.07, 6.45) is 0. The van der Waals surface area contributed by atoms with E-state index in [1.165, 1.54) is 0 Å². The molecule has 0 spiro atoms. The topological polar surface area (TPSA) is 47.1 Å². The summed E-state index contributed by atoms with van der Waals surface area (Å²) in [6, 6.07) is 9.33. The van der Waals surface area contributed by atoms with Crippen molar-refractivity contribution in [1.82, 2.24) is 9.97 Å². The Bertz CT molecular complexity index is 792. The number of hydrogen-bond acceptors (Lipinski definition) is 3. The summed E-state index contributed by atoms with van der Waals surface area (Å²) >= 11 is 9.45. The lowest BCUT2D eigenvalue weighted by Gasteiger charge is -2.10. The van der Waals surface area contributed by atoms with Crippen molar-refractivity contribution in [2.24, 2.45) is 0 Å². The second-order valence-electron chi connectivity index (χ2n) is 4.44. The minimum Gasteiger partial charge on any atom is -0.495 e. The number of aromatic amines is 1. The highest BCUT2D eigenvalue weighted by atomic mass is 79.9. The van der Waals surface area contributed by atoms with Crippen molar-refractivity contribution in [1.29, 1.82) is 0 Å². The third-order valence-corrected chi connectivity index (χ3v) is 4.18. The van der Waals surface area contributed by atoms with Crippen LogP contribution in [-0.4, -0.2) is 24.2 Å². The average molecular weight is 368 g/mol. The number of aromatic nitrogens is 2. The molecule has 0 amide bonds. The number of nitrogens with one attached hydrogen (secondary N) is 1. The first-order chi connectivity index (χ1) is 10.1. The normalized spacial score (nSPS) is 10.9. The molecule has 0 fully saturated rings. The number of fused-ring (bicyclic) bond motifs is 1. The van der Waals surface area contributed by atoms with Gasteiger partial charge in [-0.1, -0.05) is 11.6 Å². The molecule has 21 heavy (non-hydrogen) atoms. The van der Waals surface area contributed by atoms with Crippen molar-refractivity contribution in [2.45, 2.75) is 0 Å². The standard InChI is InChI=1S/C15H12BrClN2O2/c1-20-12-5-8(6-13(21-2)14(12)16)15-18-10-4-3-9(17)7-11(10)19-15/h3-7H,1-2H3,(H,18,19). The van der Waals surface area contributed by atoms with Crippen molar-refractivity contribution in [3.63, 3.8) is 0 Å². The molecule has 6 heteroatoms. The Hall–Kier alpha value is -1.72. The second-order valence-corrected chi connectivity index (χ2v) is 5.67. The summed E-state index contributed by atoms with van der Waals surface area (Å²) in [7, 11) is 3.23. The molecule has 1 aromatic heterocycles. The highest BCUT2D eigenvalue weighted by Crippen LogP contribution is 2.38. The van der Waals surface area contributed by atoms with Crippen molar-refractivity contribution >= 4 is 38.6 Å². The first kappa shape index (κ1) is 14.2. The molecule has 0 bridgehead atoms. The van der Waals surface area contributed by atoms with Gasteiger partial charge in [0.1, 0.15) is 21.8 Å². The summed E-state index contributed by atoms with van der Waals surface area (Å²) in [5.74, 6) is 2.10. The second kappa shape index (κ2) is 5.58. The van der Waals surface area contributed by atoms with E-state index >= 15 is 0 Å². The molecule has 0 aliphatic rings. The lowest BCUT2D eigenvalue weighted by Crippen LogP contribution is -1.92. The van der Waals surface area contributed by atoms with Crippen LogP contribution in [0.25, 0.3) is 22.4 Å². The van der Waals surface area contributed by atoms with E-state index in [1.54, 1.807) is 14.2 Å².